The summed E-state index contributed by atoms with van der Waals surface area (Å²) in [5.74, 6) is 1.02. The van der Waals surface area contributed by atoms with Gasteiger partial charge in [-0.25, -0.2) is 0 Å². The van der Waals surface area contributed by atoms with Crippen LogP contribution in [0.1, 0.15) is 17.5 Å². The van der Waals surface area contributed by atoms with Gasteiger partial charge in [0.25, 0.3) is 0 Å². The third-order valence-corrected chi connectivity index (χ3v) is 2.35. The highest BCUT2D eigenvalue weighted by Gasteiger charge is 1.99. The van der Waals surface area contributed by atoms with Crippen molar-refractivity contribution in [3.05, 3.63) is 29.3 Å². The minimum atomic E-state index is 0.794. The maximum absolute atomic E-state index is 5.74. The molecule has 1 aromatic carbocycles. The van der Waals surface area contributed by atoms with Crippen LogP contribution in [-0.2, 0) is 0 Å². The van der Waals surface area contributed by atoms with E-state index in [2.05, 4.69) is 51.0 Å². The van der Waals surface area contributed by atoms with Crippen LogP contribution in [0, 0.1) is 13.8 Å². The van der Waals surface area contributed by atoms with Crippen LogP contribution >= 0.6 is 0 Å². The Bertz CT molecular complexity index is 307. The van der Waals surface area contributed by atoms with E-state index in [1.165, 1.54) is 11.1 Å². The Labute approximate surface area is 92.9 Å². The highest BCUT2D eigenvalue weighted by Crippen LogP contribution is 2.19. The van der Waals surface area contributed by atoms with Crippen molar-refractivity contribution >= 4 is 0 Å². The maximum Gasteiger partial charge on any atom is 0.122 e. The summed E-state index contributed by atoms with van der Waals surface area (Å²) in [4.78, 5) is 2.17. The van der Waals surface area contributed by atoms with Crippen molar-refractivity contribution < 1.29 is 4.74 Å². The van der Waals surface area contributed by atoms with Crippen LogP contribution in [0.3, 0.4) is 0 Å². The quantitative estimate of drug-likeness (QED) is 0.688. The Kier molecular flexibility index (Phi) is 4.63. The van der Waals surface area contributed by atoms with E-state index in [9.17, 15) is 0 Å². The molecule has 15 heavy (non-hydrogen) atoms. The first-order chi connectivity index (χ1) is 7.09. The molecule has 0 amide bonds. The van der Waals surface area contributed by atoms with Crippen molar-refractivity contribution in [2.75, 3.05) is 27.2 Å². The van der Waals surface area contributed by atoms with Crippen molar-refractivity contribution in [3.8, 4) is 5.75 Å². The minimum Gasteiger partial charge on any atom is -0.493 e. The van der Waals surface area contributed by atoms with E-state index >= 15 is 0 Å². The number of hydrogen-bond acceptors (Lipinski definition) is 2. The fourth-order valence-electron chi connectivity index (χ4n) is 1.43. The molecule has 0 atom stereocenters. The molecule has 0 aliphatic heterocycles. The lowest BCUT2D eigenvalue weighted by molar-refractivity contribution is 0.280. The van der Waals surface area contributed by atoms with Gasteiger partial charge in [0.05, 0.1) is 6.61 Å². The van der Waals surface area contributed by atoms with Crippen LogP contribution in [0.5, 0.6) is 5.75 Å². The molecular weight excluding hydrogens is 186 g/mol. The molecule has 0 spiro atoms. The molecule has 0 fully saturated rings. The third-order valence-electron chi connectivity index (χ3n) is 2.35. The van der Waals surface area contributed by atoms with Crippen LogP contribution in [-0.4, -0.2) is 32.1 Å². The van der Waals surface area contributed by atoms with Crippen LogP contribution in [0.2, 0.25) is 0 Å². The summed E-state index contributed by atoms with van der Waals surface area (Å²) in [6.07, 6.45) is 1.07. The molecule has 0 heterocycles. The molecule has 0 N–H and O–H groups in total. The van der Waals surface area contributed by atoms with Gasteiger partial charge >= 0.3 is 0 Å². The summed E-state index contributed by atoms with van der Waals surface area (Å²) in [6, 6.07) is 6.32. The average molecular weight is 207 g/mol. The zero-order chi connectivity index (χ0) is 11.3. The standard InChI is InChI=1S/C13H21NO/c1-11-6-7-12(2)13(10-11)15-9-5-8-14(3)4/h6-7,10H,5,8-9H2,1-4H3. The number of ether oxygens (including phenoxy) is 1. The summed E-state index contributed by atoms with van der Waals surface area (Å²) in [5.41, 5.74) is 2.47. The largest absolute Gasteiger partial charge is 0.493 e. The molecule has 0 aliphatic carbocycles. The van der Waals surface area contributed by atoms with Crippen molar-refractivity contribution in [1.29, 1.82) is 0 Å². The topological polar surface area (TPSA) is 12.5 Å². The molecule has 84 valence electrons. The van der Waals surface area contributed by atoms with E-state index in [0.29, 0.717) is 0 Å². The number of rotatable bonds is 5. The molecule has 0 bridgehead atoms. The third kappa shape index (κ3) is 4.34. The number of nitrogens with zero attached hydrogens (tertiary/aromatic N) is 1. The average Bonchev–Trinajstić information content (AvgIpc) is 2.17. The Morgan fingerprint density at radius 3 is 2.60 bits per heavy atom. The predicted molar refractivity (Wildman–Crippen MR) is 64.6 cm³/mol. The molecule has 0 saturated carbocycles. The SMILES string of the molecule is Cc1ccc(C)c(OCCCN(C)C)c1. The Hall–Kier alpha value is -1.02. The van der Waals surface area contributed by atoms with Crippen molar-refractivity contribution in [2.45, 2.75) is 20.3 Å². The summed E-state index contributed by atoms with van der Waals surface area (Å²) in [5, 5.41) is 0. The lowest BCUT2D eigenvalue weighted by Crippen LogP contribution is -2.15. The zero-order valence-corrected chi connectivity index (χ0v) is 10.2. The van der Waals surface area contributed by atoms with Gasteiger partial charge in [-0.2, -0.15) is 0 Å². The van der Waals surface area contributed by atoms with Crippen LogP contribution in [0.15, 0.2) is 18.2 Å². The van der Waals surface area contributed by atoms with Gasteiger partial charge < -0.3 is 9.64 Å². The predicted octanol–water partition coefficient (Wildman–Crippen LogP) is 2.63. The van der Waals surface area contributed by atoms with E-state index in [0.717, 1.165) is 25.3 Å². The fraction of sp³-hybridized carbons (Fsp3) is 0.538. The molecule has 0 aliphatic rings. The summed E-state index contributed by atoms with van der Waals surface area (Å²) < 4.78 is 5.74. The van der Waals surface area contributed by atoms with Gasteiger partial charge in [-0.3, -0.25) is 0 Å². The number of benzene rings is 1. The molecular formula is C13H21NO. The fourth-order valence-corrected chi connectivity index (χ4v) is 1.43. The molecule has 2 nitrogen and oxygen atoms in total. The molecule has 1 aromatic rings. The normalized spacial score (nSPS) is 10.7. The van der Waals surface area contributed by atoms with Crippen LogP contribution < -0.4 is 4.74 Å². The summed E-state index contributed by atoms with van der Waals surface area (Å²) in [7, 11) is 4.16. The Balaban J connectivity index is 2.40. The first-order valence-corrected chi connectivity index (χ1v) is 5.44. The monoisotopic (exact) mass is 207 g/mol. The molecule has 0 radical (unpaired) electrons. The number of aryl methyl sites for hydroxylation is 2. The lowest BCUT2D eigenvalue weighted by Gasteiger charge is -2.12. The molecule has 0 saturated heterocycles. The smallest absolute Gasteiger partial charge is 0.122 e. The van der Waals surface area contributed by atoms with Gasteiger partial charge in [0, 0.05) is 6.54 Å². The van der Waals surface area contributed by atoms with Crippen molar-refractivity contribution in [2.24, 2.45) is 0 Å². The zero-order valence-electron chi connectivity index (χ0n) is 10.2. The van der Waals surface area contributed by atoms with E-state index in [4.69, 9.17) is 4.74 Å². The molecule has 1 rings (SSSR count). The summed E-state index contributed by atoms with van der Waals surface area (Å²) in [6.45, 7) is 6.04. The van der Waals surface area contributed by atoms with E-state index in [1.54, 1.807) is 0 Å². The number of hydrogen-bond donors (Lipinski definition) is 0. The van der Waals surface area contributed by atoms with Crippen LogP contribution in [0.25, 0.3) is 0 Å². The van der Waals surface area contributed by atoms with E-state index in [-0.39, 0.29) is 0 Å². The first kappa shape index (κ1) is 12.1. The molecule has 2 heteroatoms. The lowest BCUT2D eigenvalue weighted by atomic mass is 10.1. The van der Waals surface area contributed by atoms with Gasteiger partial charge in [0.1, 0.15) is 5.75 Å². The maximum atomic E-state index is 5.74. The highest BCUT2D eigenvalue weighted by molar-refractivity contribution is 5.35. The highest BCUT2D eigenvalue weighted by atomic mass is 16.5. The minimum absolute atomic E-state index is 0.794. The van der Waals surface area contributed by atoms with E-state index < -0.39 is 0 Å². The molecule has 0 aromatic heterocycles. The summed E-state index contributed by atoms with van der Waals surface area (Å²) >= 11 is 0. The van der Waals surface area contributed by atoms with Crippen molar-refractivity contribution in [1.82, 2.24) is 4.90 Å². The van der Waals surface area contributed by atoms with E-state index in [1.807, 2.05) is 0 Å². The van der Waals surface area contributed by atoms with Gasteiger partial charge in [-0.15, -0.1) is 0 Å². The second kappa shape index (κ2) is 5.76. The second-order valence-corrected chi connectivity index (χ2v) is 4.27. The first-order valence-electron chi connectivity index (χ1n) is 5.44. The van der Waals surface area contributed by atoms with Crippen molar-refractivity contribution in [3.63, 3.8) is 0 Å². The van der Waals surface area contributed by atoms with Gasteiger partial charge in [-0.1, -0.05) is 12.1 Å². The van der Waals surface area contributed by atoms with Gasteiger partial charge in [0.15, 0.2) is 0 Å². The second-order valence-electron chi connectivity index (χ2n) is 4.27. The van der Waals surface area contributed by atoms with Crippen LogP contribution in [0.4, 0.5) is 0 Å². The Morgan fingerprint density at radius 2 is 1.93 bits per heavy atom. The van der Waals surface area contributed by atoms with Gasteiger partial charge in [-0.05, 0) is 51.6 Å². The van der Waals surface area contributed by atoms with Gasteiger partial charge in [0.2, 0.25) is 0 Å². The molecule has 0 unspecified atom stereocenters. The Morgan fingerprint density at radius 1 is 1.20 bits per heavy atom.